The fraction of sp³-hybridized carbons (Fsp3) is 0.273. The van der Waals surface area contributed by atoms with Crippen molar-refractivity contribution >= 4 is 17.5 Å². The fourth-order valence-electron chi connectivity index (χ4n) is 2.55. The molecule has 0 aromatic heterocycles. The van der Waals surface area contributed by atoms with Crippen molar-refractivity contribution in [2.24, 2.45) is 0 Å². The Kier molecular flexibility index (Phi) is 7.62. The van der Waals surface area contributed by atoms with Crippen molar-refractivity contribution in [1.29, 1.82) is 0 Å². The molecule has 0 bridgehead atoms. The highest BCUT2D eigenvalue weighted by atomic mass is 16.5. The lowest BCUT2D eigenvalue weighted by atomic mass is 10.1. The molecule has 0 heterocycles. The van der Waals surface area contributed by atoms with Gasteiger partial charge in [-0.1, -0.05) is 44.2 Å². The second-order valence-corrected chi connectivity index (χ2v) is 6.05. The van der Waals surface area contributed by atoms with Crippen LogP contribution in [0.1, 0.15) is 36.2 Å². The minimum absolute atomic E-state index is 0.269. The Bertz CT molecular complexity index is 784. The maximum Gasteiger partial charge on any atom is 0.265 e. The van der Waals surface area contributed by atoms with Gasteiger partial charge in [-0.25, -0.2) is 0 Å². The van der Waals surface area contributed by atoms with Crippen molar-refractivity contribution in [1.82, 2.24) is 5.32 Å². The first kappa shape index (κ1) is 20.2. The number of rotatable bonds is 9. The first-order chi connectivity index (χ1) is 13.1. The van der Waals surface area contributed by atoms with Crippen molar-refractivity contribution in [3.8, 4) is 5.75 Å². The first-order valence-electron chi connectivity index (χ1n) is 9.13. The molecule has 0 radical (unpaired) electrons. The Morgan fingerprint density at radius 3 is 2.44 bits per heavy atom. The molecule has 0 unspecified atom stereocenters. The van der Waals surface area contributed by atoms with Crippen molar-refractivity contribution in [2.45, 2.75) is 32.8 Å². The van der Waals surface area contributed by atoms with Gasteiger partial charge in [-0.3, -0.25) is 9.59 Å². The summed E-state index contributed by atoms with van der Waals surface area (Å²) in [7, 11) is 0. The van der Waals surface area contributed by atoms with E-state index >= 15 is 0 Å². The van der Waals surface area contributed by atoms with E-state index in [4.69, 9.17) is 4.74 Å². The average Bonchev–Trinajstić information content (AvgIpc) is 2.70. The first-order valence-corrected chi connectivity index (χ1v) is 9.13. The summed E-state index contributed by atoms with van der Waals surface area (Å²) in [6.45, 7) is 7.90. The van der Waals surface area contributed by atoms with Crippen molar-refractivity contribution in [2.75, 3.05) is 11.9 Å². The number of hydrogen-bond acceptors (Lipinski definition) is 3. The Hall–Kier alpha value is -3.08. The van der Waals surface area contributed by atoms with Gasteiger partial charge in [0.15, 0.2) is 6.10 Å². The number of nitrogens with one attached hydrogen (secondary N) is 2. The summed E-state index contributed by atoms with van der Waals surface area (Å²) in [6, 6.07) is 14.6. The van der Waals surface area contributed by atoms with E-state index < -0.39 is 6.10 Å². The third kappa shape index (κ3) is 5.71. The van der Waals surface area contributed by atoms with Crippen LogP contribution in [0.5, 0.6) is 5.75 Å². The highest BCUT2D eigenvalue weighted by Gasteiger charge is 2.20. The second-order valence-electron chi connectivity index (χ2n) is 6.05. The average molecular weight is 366 g/mol. The molecule has 2 aromatic rings. The lowest BCUT2D eigenvalue weighted by Gasteiger charge is -2.18. The summed E-state index contributed by atoms with van der Waals surface area (Å²) in [5.74, 6) is 0.0853. The van der Waals surface area contributed by atoms with E-state index in [1.165, 1.54) is 5.56 Å². The summed E-state index contributed by atoms with van der Waals surface area (Å²) in [5.41, 5.74) is 2.06. The highest BCUT2D eigenvalue weighted by molar-refractivity contribution is 6.04. The Morgan fingerprint density at radius 1 is 1.11 bits per heavy atom. The van der Waals surface area contributed by atoms with E-state index in [-0.39, 0.29) is 11.8 Å². The zero-order valence-electron chi connectivity index (χ0n) is 15.8. The van der Waals surface area contributed by atoms with Crippen LogP contribution in [-0.2, 0) is 11.2 Å². The van der Waals surface area contributed by atoms with Crippen molar-refractivity contribution in [3.05, 3.63) is 72.3 Å². The van der Waals surface area contributed by atoms with Crippen LogP contribution < -0.4 is 15.4 Å². The van der Waals surface area contributed by atoms with E-state index in [1.807, 2.05) is 31.2 Å². The molecule has 0 spiro atoms. The minimum Gasteiger partial charge on any atom is -0.481 e. The fourth-order valence-corrected chi connectivity index (χ4v) is 2.55. The molecule has 2 rings (SSSR count). The lowest BCUT2D eigenvalue weighted by molar-refractivity contribution is -0.122. The summed E-state index contributed by atoms with van der Waals surface area (Å²) in [6.07, 6.45) is 2.40. The van der Waals surface area contributed by atoms with Gasteiger partial charge in [-0.15, -0.1) is 6.58 Å². The number of benzene rings is 2. The molecule has 2 N–H and O–H groups in total. The van der Waals surface area contributed by atoms with Crippen LogP contribution in [0.2, 0.25) is 0 Å². The number of para-hydroxylation sites is 1. The van der Waals surface area contributed by atoms with Gasteiger partial charge in [0.2, 0.25) is 0 Å². The highest BCUT2D eigenvalue weighted by Crippen LogP contribution is 2.19. The summed E-state index contributed by atoms with van der Waals surface area (Å²) < 4.78 is 5.84. The quantitative estimate of drug-likeness (QED) is 0.660. The lowest BCUT2D eigenvalue weighted by Crippen LogP contribution is -2.33. The smallest absolute Gasteiger partial charge is 0.265 e. The molecule has 0 aliphatic carbocycles. The molecule has 0 fully saturated rings. The molecule has 142 valence electrons. The number of ether oxygens (including phenoxy) is 1. The molecule has 0 saturated carbocycles. The molecule has 5 nitrogen and oxygen atoms in total. The normalized spacial score (nSPS) is 11.3. The van der Waals surface area contributed by atoms with Crippen LogP contribution in [0.25, 0.3) is 0 Å². The second kappa shape index (κ2) is 10.2. The molecule has 27 heavy (non-hydrogen) atoms. The van der Waals surface area contributed by atoms with Crippen LogP contribution in [0.15, 0.2) is 61.2 Å². The molecular weight excluding hydrogens is 340 g/mol. The predicted molar refractivity (Wildman–Crippen MR) is 108 cm³/mol. The Balaban J connectivity index is 2.09. The van der Waals surface area contributed by atoms with Crippen LogP contribution in [0.4, 0.5) is 5.69 Å². The van der Waals surface area contributed by atoms with E-state index in [9.17, 15) is 9.59 Å². The predicted octanol–water partition coefficient (Wildman–Crippen LogP) is 3.96. The summed E-state index contributed by atoms with van der Waals surface area (Å²) >= 11 is 0. The van der Waals surface area contributed by atoms with Gasteiger partial charge in [-0.05, 0) is 42.7 Å². The van der Waals surface area contributed by atoms with Gasteiger partial charge in [-0.2, -0.15) is 0 Å². The van der Waals surface area contributed by atoms with Gasteiger partial charge >= 0.3 is 0 Å². The third-order valence-electron chi connectivity index (χ3n) is 4.11. The monoisotopic (exact) mass is 366 g/mol. The molecule has 0 aliphatic heterocycles. The molecule has 0 aliphatic rings. The largest absolute Gasteiger partial charge is 0.481 e. The van der Waals surface area contributed by atoms with Crippen molar-refractivity contribution < 1.29 is 14.3 Å². The molecule has 2 amide bonds. The van der Waals surface area contributed by atoms with E-state index in [1.54, 1.807) is 30.3 Å². The minimum atomic E-state index is -0.651. The maximum atomic E-state index is 12.7. The molecule has 0 saturated heterocycles. The van der Waals surface area contributed by atoms with E-state index in [0.29, 0.717) is 30.0 Å². The Labute approximate surface area is 160 Å². The summed E-state index contributed by atoms with van der Waals surface area (Å²) in [4.78, 5) is 24.9. The standard InChI is InChI=1S/C22H26N2O3/c1-4-15-23-21(25)18-9-7-8-10-19(18)24-22(26)20(6-3)27-17-13-11-16(5-2)12-14-17/h4,7-14,20H,1,5-6,15H2,2-3H3,(H,23,25)(H,24,26)/t20-/m0/s1. The zero-order valence-corrected chi connectivity index (χ0v) is 15.8. The maximum absolute atomic E-state index is 12.7. The van der Waals surface area contributed by atoms with Crippen LogP contribution in [0, 0.1) is 0 Å². The number of anilines is 1. The molecule has 5 heteroatoms. The molecule has 1 atom stereocenters. The number of hydrogen-bond donors (Lipinski definition) is 2. The van der Waals surface area contributed by atoms with Gasteiger partial charge < -0.3 is 15.4 Å². The third-order valence-corrected chi connectivity index (χ3v) is 4.11. The summed E-state index contributed by atoms with van der Waals surface area (Å²) in [5, 5.41) is 5.53. The van der Waals surface area contributed by atoms with Crippen LogP contribution in [-0.4, -0.2) is 24.5 Å². The zero-order chi connectivity index (χ0) is 19.6. The van der Waals surface area contributed by atoms with Gasteiger partial charge in [0.05, 0.1) is 11.3 Å². The van der Waals surface area contributed by atoms with Crippen LogP contribution in [0.3, 0.4) is 0 Å². The number of carbonyl (C=O) groups is 2. The van der Waals surface area contributed by atoms with E-state index in [0.717, 1.165) is 6.42 Å². The van der Waals surface area contributed by atoms with Gasteiger partial charge in [0.1, 0.15) is 5.75 Å². The SMILES string of the molecule is C=CCNC(=O)c1ccccc1NC(=O)[C@H](CC)Oc1ccc(CC)cc1. The molecular formula is C22H26N2O3. The van der Waals surface area contributed by atoms with Gasteiger partial charge in [0, 0.05) is 6.54 Å². The Morgan fingerprint density at radius 2 is 1.81 bits per heavy atom. The van der Waals surface area contributed by atoms with E-state index in [2.05, 4.69) is 24.1 Å². The molecule has 2 aromatic carbocycles. The van der Waals surface area contributed by atoms with Crippen molar-refractivity contribution in [3.63, 3.8) is 0 Å². The number of amides is 2. The topological polar surface area (TPSA) is 67.4 Å². The number of carbonyl (C=O) groups excluding carboxylic acids is 2. The van der Waals surface area contributed by atoms with Gasteiger partial charge in [0.25, 0.3) is 11.8 Å². The van der Waals surface area contributed by atoms with Crippen LogP contribution >= 0.6 is 0 Å². The number of aryl methyl sites for hydroxylation is 1.